The van der Waals surface area contributed by atoms with Crippen molar-refractivity contribution >= 4 is 44.8 Å². The van der Waals surface area contributed by atoms with Gasteiger partial charge in [0.2, 0.25) is 0 Å². The summed E-state index contributed by atoms with van der Waals surface area (Å²) in [5, 5.41) is 1.84. The molecule has 0 aliphatic heterocycles. The van der Waals surface area contributed by atoms with Gasteiger partial charge in [-0.2, -0.15) is 4.99 Å². The largest absolute Gasteiger partial charge is 0.462 e. The summed E-state index contributed by atoms with van der Waals surface area (Å²) in [5.74, 6) is -0.633. The van der Waals surface area contributed by atoms with Gasteiger partial charge >= 0.3 is 5.97 Å². The van der Waals surface area contributed by atoms with Crippen LogP contribution in [0.1, 0.15) is 27.0 Å². The number of hydrogen-bond acceptors (Lipinski definition) is 5. The van der Waals surface area contributed by atoms with E-state index in [1.54, 1.807) is 31.2 Å². The van der Waals surface area contributed by atoms with Gasteiger partial charge in [-0.05, 0) is 36.6 Å². The molecule has 0 bridgehead atoms. The van der Waals surface area contributed by atoms with Gasteiger partial charge in [0.15, 0.2) is 4.80 Å². The van der Waals surface area contributed by atoms with Crippen LogP contribution in [0.2, 0.25) is 0 Å². The lowest BCUT2D eigenvalue weighted by Crippen LogP contribution is -2.16. The molecule has 0 fully saturated rings. The van der Waals surface area contributed by atoms with Crippen LogP contribution in [0.15, 0.2) is 53.4 Å². The third-order valence-electron chi connectivity index (χ3n) is 3.43. The number of rotatable bonds is 5. The van der Waals surface area contributed by atoms with Crippen molar-refractivity contribution in [1.29, 1.82) is 0 Å². The summed E-state index contributed by atoms with van der Waals surface area (Å²) >= 11 is 2.72. The van der Waals surface area contributed by atoms with Crippen LogP contribution in [0.3, 0.4) is 0 Å². The molecule has 0 N–H and O–H groups in total. The van der Waals surface area contributed by atoms with Crippen molar-refractivity contribution in [2.75, 3.05) is 6.61 Å². The highest BCUT2D eigenvalue weighted by Crippen LogP contribution is 2.20. The monoisotopic (exact) mass is 372 g/mol. The van der Waals surface area contributed by atoms with E-state index in [1.807, 2.05) is 22.1 Å². The molecule has 128 valence electrons. The average Bonchev–Trinajstić information content (AvgIpc) is 3.24. The Bertz CT molecular complexity index is 997. The molecule has 0 spiro atoms. The zero-order chi connectivity index (χ0) is 17.8. The quantitative estimate of drug-likeness (QED) is 0.505. The van der Waals surface area contributed by atoms with Gasteiger partial charge in [-0.15, -0.1) is 17.9 Å². The van der Waals surface area contributed by atoms with Gasteiger partial charge in [-0.25, -0.2) is 4.79 Å². The van der Waals surface area contributed by atoms with Crippen LogP contribution < -0.4 is 4.80 Å². The third kappa shape index (κ3) is 3.62. The molecule has 2 heterocycles. The van der Waals surface area contributed by atoms with Crippen LogP contribution in [0.25, 0.3) is 10.2 Å². The zero-order valence-corrected chi connectivity index (χ0v) is 15.2. The van der Waals surface area contributed by atoms with Crippen molar-refractivity contribution in [3.8, 4) is 0 Å². The second-order valence-electron chi connectivity index (χ2n) is 5.08. The van der Waals surface area contributed by atoms with Gasteiger partial charge in [0.05, 0.1) is 27.3 Å². The molecule has 0 aliphatic carbocycles. The molecule has 0 radical (unpaired) electrons. The normalized spacial score (nSPS) is 11.6. The topological polar surface area (TPSA) is 60.7 Å². The van der Waals surface area contributed by atoms with Gasteiger partial charge in [0.1, 0.15) is 0 Å². The Hall–Kier alpha value is -2.51. The summed E-state index contributed by atoms with van der Waals surface area (Å²) in [7, 11) is 0. The summed E-state index contributed by atoms with van der Waals surface area (Å²) in [6.45, 7) is 6.39. The maximum Gasteiger partial charge on any atom is 0.338 e. The van der Waals surface area contributed by atoms with E-state index >= 15 is 0 Å². The molecule has 0 saturated heterocycles. The van der Waals surface area contributed by atoms with Gasteiger partial charge in [-0.1, -0.05) is 23.5 Å². The van der Waals surface area contributed by atoms with E-state index in [1.165, 1.54) is 22.7 Å². The predicted octanol–water partition coefficient (Wildman–Crippen LogP) is 3.87. The van der Waals surface area contributed by atoms with E-state index in [2.05, 4.69) is 11.6 Å². The first-order valence-corrected chi connectivity index (χ1v) is 9.37. The summed E-state index contributed by atoms with van der Waals surface area (Å²) < 4.78 is 7.82. The molecule has 0 aliphatic rings. The number of aromatic nitrogens is 1. The SMILES string of the molecule is C=CCn1c(=NC(=O)c2cccs2)sc2cc(C(=O)OCC)ccc21. The Kier molecular flexibility index (Phi) is 5.25. The number of hydrogen-bond donors (Lipinski definition) is 0. The maximum absolute atomic E-state index is 12.3. The standard InChI is InChI=1S/C18H16N2O3S2/c1-3-9-20-13-8-7-12(17(22)23-4-2)11-15(13)25-18(20)19-16(21)14-6-5-10-24-14/h3,5-8,10-11H,1,4,9H2,2H3. The lowest BCUT2D eigenvalue weighted by Gasteiger charge is -2.03. The van der Waals surface area contributed by atoms with E-state index < -0.39 is 0 Å². The van der Waals surface area contributed by atoms with Gasteiger partial charge in [0, 0.05) is 6.54 Å². The number of thiophene rings is 1. The number of ether oxygens (including phenoxy) is 1. The van der Waals surface area contributed by atoms with E-state index in [0.717, 1.165) is 10.2 Å². The third-order valence-corrected chi connectivity index (χ3v) is 5.33. The van der Waals surface area contributed by atoms with Crippen molar-refractivity contribution in [3.05, 3.63) is 63.6 Å². The van der Waals surface area contributed by atoms with Crippen LogP contribution in [0.4, 0.5) is 0 Å². The molecule has 0 saturated carbocycles. The fraction of sp³-hybridized carbons (Fsp3) is 0.167. The van der Waals surface area contributed by atoms with Crippen LogP contribution in [0.5, 0.6) is 0 Å². The highest BCUT2D eigenvalue weighted by atomic mass is 32.1. The van der Waals surface area contributed by atoms with Crippen LogP contribution in [0, 0.1) is 0 Å². The molecule has 25 heavy (non-hydrogen) atoms. The molecule has 0 unspecified atom stereocenters. The first-order valence-electron chi connectivity index (χ1n) is 7.68. The Morgan fingerprint density at radius 1 is 1.36 bits per heavy atom. The van der Waals surface area contributed by atoms with E-state index in [-0.39, 0.29) is 11.9 Å². The van der Waals surface area contributed by atoms with Crippen molar-refractivity contribution in [3.63, 3.8) is 0 Å². The average molecular weight is 372 g/mol. The van der Waals surface area contributed by atoms with Gasteiger partial charge in [-0.3, -0.25) is 4.79 Å². The molecule has 3 aromatic rings. The fourth-order valence-electron chi connectivity index (χ4n) is 2.35. The predicted molar refractivity (Wildman–Crippen MR) is 100 cm³/mol. The number of amides is 1. The number of carbonyl (C=O) groups is 2. The fourth-order valence-corrected chi connectivity index (χ4v) is 4.03. The highest BCUT2D eigenvalue weighted by Gasteiger charge is 2.12. The van der Waals surface area contributed by atoms with Crippen LogP contribution >= 0.6 is 22.7 Å². The first-order chi connectivity index (χ1) is 12.1. The molecular weight excluding hydrogens is 356 g/mol. The van der Waals surface area contributed by atoms with Crippen molar-refractivity contribution in [2.24, 2.45) is 4.99 Å². The van der Waals surface area contributed by atoms with E-state index in [4.69, 9.17) is 4.74 Å². The number of fused-ring (bicyclic) bond motifs is 1. The summed E-state index contributed by atoms with van der Waals surface area (Å²) in [5.41, 5.74) is 1.38. The van der Waals surface area contributed by atoms with Gasteiger partial charge < -0.3 is 9.30 Å². The molecular formula is C18H16N2O3S2. The van der Waals surface area contributed by atoms with Gasteiger partial charge in [0.25, 0.3) is 5.91 Å². The lowest BCUT2D eigenvalue weighted by molar-refractivity contribution is 0.0526. The number of allylic oxidation sites excluding steroid dienone is 1. The molecule has 5 nitrogen and oxygen atoms in total. The Labute approximate surface area is 152 Å². The minimum atomic E-state index is -0.360. The summed E-state index contributed by atoms with van der Waals surface area (Å²) in [6, 6.07) is 8.90. The minimum Gasteiger partial charge on any atom is -0.462 e. The Morgan fingerprint density at radius 2 is 2.20 bits per heavy atom. The molecule has 1 aromatic carbocycles. The van der Waals surface area contributed by atoms with Crippen LogP contribution in [-0.2, 0) is 11.3 Å². The van der Waals surface area contributed by atoms with E-state index in [9.17, 15) is 9.59 Å². The summed E-state index contributed by atoms with van der Waals surface area (Å²) in [6.07, 6.45) is 1.75. The molecule has 3 rings (SSSR count). The molecule has 0 atom stereocenters. The zero-order valence-electron chi connectivity index (χ0n) is 13.6. The van der Waals surface area contributed by atoms with Crippen molar-refractivity contribution < 1.29 is 14.3 Å². The molecule has 1 amide bonds. The van der Waals surface area contributed by atoms with Crippen LogP contribution in [-0.4, -0.2) is 23.1 Å². The lowest BCUT2D eigenvalue weighted by atomic mass is 10.2. The first kappa shape index (κ1) is 17.3. The number of carbonyl (C=O) groups excluding carboxylic acids is 2. The van der Waals surface area contributed by atoms with Crippen molar-refractivity contribution in [1.82, 2.24) is 4.57 Å². The second-order valence-corrected chi connectivity index (χ2v) is 7.04. The number of thiazole rings is 1. The second kappa shape index (κ2) is 7.58. The smallest absolute Gasteiger partial charge is 0.338 e. The Morgan fingerprint density at radius 3 is 2.88 bits per heavy atom. The molecule has 7 heteroatoms. The maximum atomic E-state index is 12.3. The Balaban J connectivity index is 2.11. The van der Waals surface area contributed by atoms with Crippen molar-refractivity contribution in [2.45, 2.75) is 13.5 Å². The highest BCUT2D eigenvalue weighted by molar-refractivity contribution is 7.16. The number of esters is 1. The molecule has 2 aromatic heterocycles. The number of nitrogens with zero attached hydrogens (tertiary/aromatic N) is 2. The van der Waals surface area contributed by atoms with E-state index in [0.29, 0.717) is 28.4 Å². The summed E-state index contributed by atoms with van der Waals surface area (Å²) in [4.78, 5) is 29.7. The minimum absolute atomic E-state index is 0.273. The number of benzene rings is 1.